The van der Waals surface area contributed by atoms with E-state index in [2.05, 4.69) is 49.1 Å². The zero-order valence-electron chi connectivity index (χ0n) is 55.4. The first-order valence-electron chi connectivity index (χ1n) is 33.4. The van der Waals surface area contributed by atoms with Gasteiger partial charge in [0.25, 0.3) is 6.47 Å². The summed E-state index contributed by atoms with van der Waals surface area (Å²) in [7, 11) is 0. The van der Waals surface area contributed by atoms with Gasteiger partial charge >= 0.3 is 30.0 Å². The number of nitrogens with one attached hydrogen (secondary N) is 1. The van der Waals surface area contributed by atoms with Crippen molar-refractivity contribution in [2.75, 3.05) is 46.0 Å². The number of hydrogen-bond donors (Lipinski definition) is 4. The third-order valence-electron chi connectivity index (χ3n) is 13.1. The van der Waals surface area contributed by atoms with E-state index in [1.54, 1.807) is 0 Å². The van der Waals surface area contributed by atoms with Crippen molar-refractivity contribution in [2.24, 2.45) is 0 Å². The molecule has 0 aromatic rings. The number of unbranched alkanes of at least 4 members (excludes halogenated alkanes) is 28. The summed E-state index contributed by atoms with van der Waals surface area (Å²) in [6, 6.07) is 0. The quantitative estimate of drug-likeness (QED) is 0.0147. The molecule has 0 rings (SSSR count). The lowest BCUT2D eigenvalue weighted by Crippen LogP contribution is -2.38. The number of carboxylic acids is 2. The largest absolute Gasteiger partial charge is 0.481 e. The van der Waals surface area contributed by atoms with Gasteiger partial charge in [0.2, 0.25) is 0 Å². The van der Waals surface area contributed by atoms with Crippen LogP contribution >= 0.6 is 0 Å². The average Bonchev–Trinajstić information content (AvgIpc) is 3.46. The van der Waals surface area contributed by atoms with Gasteiger partial charge < -0.3 is 44.5 Å². The fraction of sp³-hybridized carbons (Fsp3) is 0.826. The van der Waals surface area contributed by atoms with Crippen molar-refractivity contribution in [2.45, 2.75) is 324 Å². The number of esters is 2. The molecule has 0 unspecified atom stereocenters. The van der Waals surface area contributed by atoms with Crippen LogP contribution in [0.1, 0.15) is 313 Å². The van der Waals surface area contributed by atoms with Crippen LogP contribution in [-0.2, 0) is 42.9 Å². The summed E-state index contributed by atoms with van der Waals surface area (Å²) in [6.45, 7) is 22.6. The minimum Gasteiger partial charge on any atom is -0.481 e. The normalized spacial score (nSPS) is 11.3. The molecule has 0 bridgehead atoms. The Morgan fingerprint density at radius 2 is 0.750 bits per heavy atom. The van der Waals surface area contributed by atoms with Crippen molar-refractivity contribution >= 4 is 36.4 Å². The van der Waals surface area contributed by atoms with E-state index in [0.717, 1.165) is 148 Å². The van der Waals surface area contributed by atoms with Crippen LogP contribution in [0.2, 0.25) is 0 Å². The maximum absolute atomic E-state index is 12.8. The number of nitrogens with zero attached hydrogens (tertiary/aromatic N) is 1. The number of hydrogen-bond acceptors (Lipinski definition) is 12. The van der Waals surface area contributed by atoms with Crippen molar-refractivity contribution in [3.05, 3.63) is 36.5 Å². The number of allylic oxidation sites excluding steroid dienone is 3. The molecule has 0 aromatic carbocycles. The number of rotatable bonds is 53. The lowest BCUT2D eigenvalue weighted by Gasteiger charge is -2.27. The smallest absolute Gasteiger partial charge is 0.410 e. The van der Waals surface area contributed by atoms with E-state index in [1.165, 1.54) is 89.9 Å². The molecule has 0 radical (unpaired) electrons. The van der Waals surface area contributed by atoms with Crippen LogP contribution in [0.5, 0.6) is 0 Å². The zero-order chi connectivity index (χ0) is 63.5. The lowest BCUT2D eigenvalue weighted by atomic mass is 10.1. The first kappa shape index (κ1) is 86.2. The molecule has 15 heteroatoms. The Kier molecular flexibility index (Phi) is 69.7. The molecule has 15 nitrogen and oxygen atoms in total. The molecule has 0 aliphatic heterocycles. The van der Waals surface area contributed by atoms with Crippen LogP contribution in [-0.4, -0.2) is 114 Å². The van der Waals surface area contributed by atoms with E-state index >= 15 is 0 Å². The number of carbonyl (C=O) groups is 6. The highest BCUT2D eigenvalue weighted by Gasteiger charge is 2.21. The van der Waals surface area contributed by atoms with Crippen molar-refractivity contribution in [3.8, 4) is 0 Å². The van der Waals surface area contributed by atoms with E-state index in [4.69, 9.17) is 29.5 Å². The Morgan fingerprint density at radius 3 is 1.07 bits per heavy atom. The van der Waals surface area contributed by atoms with Gasteiger partial charge in [-0.2, -0.15) is 0 Å². The number of aliphatic hydroxyl groups excluding tert-OH is 1. The molecule has 0 heterocycles. The van der Waals surface area contributed by atoms with E-state index in [1.807, 2.05) is 64.7 Å². The SMILES string of the molecule is CC(C)(C)OC=O.CCCCCC/C=C\CO.CCCCCC/C=C\COC(=O)CCCCCCCN(CCCCCCCC(=O)OC/C=C\CCCCCC)C(=O)OC(C)(C)C.O=C(O)CCCCCCCNCCCCCCCC(=O)O. The lowest BCUT2D eigenvalue weighted by molar-refractivity contribution is -0.143. The van der Waals surface area contributed by atoms with Gasteiger partial charge in [0.05, 0.1) is 6.61 Å². The Balaban J connectivity index is -0.000000680. The number of aliphatic hydroxyl groups is 1. The summed E-state index contributed by atoms with van der Waals surface area (Å²) in [5.41, 5.74) is -0.838. The zero-order valence-corrected chi connectivity index (χ0v) is 55.4. The van der Waals surface area contributed by atoms with E-state index in [9.17, 15) is 28.8 Å². The number of ether oxygens (including phenoxy) is 4. The van der Waals surface area contributed by atoms with Crippen LogP contribution in [0.15, 0.2) is 36.5 Å². The predicted octanol–water partition coefficient (Wildman–Crippen LogP) is 17.9. The summed E-state index contributed by atoms with van der Waals surface area (Å²) >= 11 is 0. The Morgan fingerprint density at radius 1 is 0.417 bits per heavy atom. The summed E-state index contributed by atoms with van der Waals surface area (Å²) in [4.78, 5) is 68.8. The van der Waals surface area contributed by atoms with Crippen molar-refractivity contribution in [1.29, 1.82) is 0 Å². The molecule has 1 amide bonds. The molecular weight excluding hydrogens is 1060 g/mol. The van der Waals surface area contributed by atoms with Crippen molar-refractivity contribution in [3.63, 3.8) is 0 Å². The standard InChI is InChI=1S/C39H71NO6.C16H31NO4.C9H18O.C5H10O2/c1-6-8-10-12-14-22-28-34-44-36(41)30-24-18-16-20-26-32-40(38(43)46-39(3,4)5)33-27-21-17-19-25-31-37(42)45-35-29-23-15-13-11-9-7-2;18-15(19)11-7-3-1-5-9-13-17-14-10-6-2-4-8-12-16(20)21;1-2-3-4-5-6-7-8-9-10;1-5(2,3)7-4-6/h22-23,28-29H,6-21,24-27,30-35H2,1-5H3;17H,1-14H2,(H,18,19)(H,20,21);7-8,10H,2-6,9H2,1H3;4H,1-3H3/b28-22-,29-23-;;8-7-;. The molecule has 0 saturated heterocycles. The summed E-state index contributed by atoms with van der Waals surface area (Å²) in [5.74, 6) is -1.63. The van der Waals surface area contributed by atoms with E-state index in [-0.39, 0.29) is 30.2 Å². The molecule has 494 valence electrons. The highest BCUT2D eigenvalue weighted by molar-refractivity contribution is 5.70. The second-order valence-electron chi connectivity index (χ2n) is 23.9. The molecule has 0 aliphatic carbocycles. The number of carboxylic acid groups (broad SMARTS) is 2. The first-order chi connectivity index (χ1) is 40.3. The third kappa shape index (κ3) is 84.2. The number of aliphatic carboxylic acids is 2. The summed E-state index contributed by atoms with van der Waals surface area (Å²) in [6.07, 6.45) is 51.8. The van der Waals surface area contributed by atoms with Gasteiger partial charge in [0.1, 0.15) is 24.4 Å². The van der Waals surface area contributed by atoms with Gasteiger partial charge in [-0.1, -0.05) is 192 Å². The van der Waals surface area contributed by atoms with Crippen LogP contribution in [0.25, 0.3) is 0 Å². The second-order valence-corrected chi connectivity index (χ2v) is 23.9. The molecule has 0 fully saturated rings. The Hall–Kier alpha value is -4.24. The Labute approximate surface area is 514 Å². The summed E-state index contributed by atoms with van der Waals surface area (Å²) < 4.78 is 20.8. The monoisotopic (exact) mass is 1190 g/mol. The molecule has 0 atom stereocenters. The predicted molar refractivity (Wildman–Crippen MR) is 346 cm³/mol. The van der Waals surface area contributed by atoms with Gasteiger partial charge in [-0.15, -0.1) is 0 Å². The van der Waals surface area contributed by atoms with Crippen molar-refractivity contribution in [1.82, 2.24) is 10.2 Å². The molecule has 84 heavy (non-hydrogen) atoms. The van der Waals surface area contributed by atoms with E-state index in [0.29, 0.717) is 58.5 Å². The van der Waals surface area contributed by atoms with Gasteiger partial charge in [-0.3, -0.25) is 24.0 Å². The van der Waals surface area contributed by atoms with Gasteiger partial charge in [-0.05, 0) is 145 Å². The fourth-order valence-electron chi connectivity index (χ4n) is 8.27. The van der Waals surface area contributed by atoms with E-state index < -0.39 is 17.5 Å². The topological polar surface area (TPSA) is 215 Å². The number of carbonyl (C=O) groups excluding carboxylic acids is 4. The van der Waals surface area contributed by atoms with Gasteiger partial charge in [-0.25, -0.2) is 4.79 Å². The second kappa shape index (κ2) is 67.9. The van der Waals surface area contributed by atoms with Crippen molar-refractivity contribution < 1.29 is 63.0 Å². The van der Waals surface area contributed by atoms with Gasteiger partial charge in [0, 0.05) is 38.8 Å². The minimum absolute atomic E-state index is 0.122. The molecule has 0 spiro atoms. The van der Waals surface area contributed by atoms with Gasteiger partial charge in [0.15, 0.2) is 0 Å². The molecule has 4 N–H and O–H groups in total. The highest BCUT2D eigenvalue weighted by Crippen LogP contribution is 2.15. The molecular formula is C69H130N2O13. The molecule has 0 aliphatic rings. The van der Waals surface area contributed by atoms with Crippen LogP contribution < -0.4 is 5.32 Å². The maximum Gasteiger partial charge on any atom is 0.410 e. The van der Waals surface area contributed by atoms with Crippen LogP contribution in [0.4, 0.5) is 4.79 Å². The average molecular weight is 1200 g/mol. The fourth-order valence-corrected chi connectivity index (χ4v) is 8.27. The third-order valence-corrected chi connectivity index (χ3v) is 13.1. The van der Waals surface area contributed by atoms with Crippen LogP contribution in [0, 0.1) is 0 Å². The summed E-state index contributed by atoms with van der Waals surface area (Å²) in [5, 5.41) is 28.8. The first-order valence-corrected chi connectivity index (χ1v) is 33.4. The minimum atomic E-state index is -0.695. The Bertz CT molecular complexity index is 1490. The molecule has 0 aromatic heterocycles. The number of amides is 1. The molecule has 0 saturated carbocycles. The van der Waals surface area contributed by atoms with Crippen LogP contribution in [0.3, 0.4) is 0 Å². The maximum atomic E-state index is 12.8. The highest BCUT2D eigenvalue weighted by atomic mass is 16.6.